The number of halogens is 1. The molecule has 0 aliphatic rings. The second-order valence-electron chi connectivity index (χ2n) is 3.26. The minimum atomic E-state index is 1.06. The van der Waals surface area contributed by atoms with Crippen molar-refractivity contribution >= 4 is 39.0 Å². The largest absolute Gasteiger partial charge is 0.132 e. The Balaban J connectivity index is 2.02. The number of benzene rings is 1. The average molecular weight is 299 g/mol. The van der Waals surface area contributed by atoms with E-state index in [0.29, 0.717) is 0 Å². The first kappa shape index (κ1) is 11.2. The maximum absolute atomic E-state index is 3.48. The monoisotopic (exact) mass is 298 g/mol. The summed E-state index contributed by atoms with van der Waals surface area (Å²) in [5, 5.41) is 0. The van der Waals surface area contributed by atoms with Gasteiger partial charge in [-0.15, -0.1) is 23.1 Å². The highest BCUT2D eigenvalue weighted by molar-refractivity contribution is 9.11. The van der Waals surface area contributed by atoms with Crippen molar-refractivity contribution < 1.29 is 0 Å². The molecule has 3 heteroatoms. The fraction of sp³-hybridized carbons (Fsp3) is 0.167. The van der Waals surface area contributed by atoms with E-state index in [-0.39, 0.29) is 0 Å². The third-order valence-electron chi connectivity index (χ3n) is 2.09. The smallest absolute Gasteiger partial charge is 0.0701 e. The highest BCUT2D eigenvalue weighted by atomic mass is 79.9. The Hall–Kier alpha value is -0.250. The van der Waals surface area contributed by atoms with Crippen molar-refractivity contribution in [3.63, 3.8) is 0 Å². The molecular formula is C12H11BrS2. The SMILES string of the molecule is Cc1ccccc1SCc1ccc(Br)s1. The molecular weight excluding hydrogens is 288 g/mol. The zero-order chi connectivity index (χ0) is 10.7. The fourth-order valence-corrected chi connectivity index (χ4v) is 3.85. The van der Waals surface area contributed by atoms with Crippen molar-refractivity contribution in [2.24, 2.45) is 0 Å². The van der Waals surface area contributed by atoms with Crippen molar-refractivity contribution in [3.8, 4) is 0 Å². The van der Waals surface area contributed by atoms with Crippen molar-refractivity contribution in [3.05, 3.63) is 50.6 Å². The molecule has 0 amide bonds. The van der Waals surface area contributed by atoms with Crippen molar-refractivity contribution in [2.45, 2.75) is 17.6 Å². The fourth-order valence-electron chi connectivity index (χ4n) is 1.30. The number of thioether (sulfide) groups is 1. The molecule has 0 aliphatic heterocycles. The standard InChI is InChI=1S/C12H11BrS2/c1-9-4-2-3-5-11(9)14-8-10-6-7-12(13)15-10/h2-7H,8H2,1H3. The Labute approximate surface area is 107 Å². The van der Waals surface area contributed by atoms with Crippen LogP contribution in [0.15, 0.2) is 45.1 Å². The van der Waals surface area contributed by atoms with Crippen LogP contribution in [0.3, 0.4) is 0 Å². The lowest BCUT2D eigenvalue weighted by Gasteiger charge is -2.03. The second kappa shape index (κ2) is 5.19. The quantitative estimate of drug-likeness (QED) is 0.710. The Morgan fingerprint density at radius 3 is 2.67 bits per heavy atom. The van der Waals surface area contributed by atoms with E-state index in [1.54, 1.807) is 0 Å². The zero-order valence-corrected chi connectivity index (χ0v) is 11.6. The molecule has 0 radical (unpaired) electrons. The first-order valence-electron chi connectivity index (χ1n) is 4.68. The molecule has 0 nitrogen and oxygen atoms in total. The van der Waals surface area contributed by atoms with Crippen LogP contribution in [-0.4, -0.2) is 0 Å². The molecule has 2 rings (SSSR count). The lowest BCUT2D eigenvalue weighted by Crippen LogP contribution is -1.79. The number of rotatable bonds is 3. The number of hydrogen-bond donors (Lipinski definition) is 0. The van der Waals surface area contributed by atoms with Gasteiger partial charge < -0.3 is 0 Å². The van der Waals surface area contributed by atoms with E-state index >= 15 is 0 Å². The van der Waals surface area contributed by atoms with Gasteiger partial charge in [0, 0.05) is 15.5 Å². The van der Waals surface area contributed by atoms with Gasteiger partial charge >= 0.3 is 0 Å². The van der Waals surface area contributed by atoms with Gasteiger partial charge in [0.25, 0.3) is 0 Å². The predicted molar refractivity (Wildman–Crippen MR) is 72.8 cm³/mol. The normalized spacial score (nSPS) is 10.5. The molecule has 0 fully saturated rings. The van der Waals surface area contributed by atoms with E-state index < -0.39 is 0 Å². The van der Waals surface area contributed by atoms with Crippen molar-refractivity contribution in [1.82, 2.24) is 0 Å². The lowest BCUT2D eigenvalue weighted by molar-refractivity contribution is 1.30. The number of aryl methyl sites for hydroxylation is 1. The third-order valence-corrected chi connectivity index (χ3v) is 5.12. The molecule has 2 aromatic rings. The van der Waals surface area contributed by atoms with E-state index in [4.69, 9.17) is 0 Å². The molecule has 0 saturated heterocycles. The molecule has 1 aromatic carbocycles. The Morgan fingerprint density at radius 2 is 2.00 bits per heavy atom. The van der Waals surface area contributed by atoms with Crippen LogP contribution in [0.2, 0.25) is 0 Å². The molecule has 0 N–H and O–H groups in total. The molecule has 0 unspecified atom stereocenters. The summed E-state index contributed by atoms with van der Waals surface area (Å²) in [6, 6.07) is 12.8. The molecule has 0 spiro atoms. The van der Waals surface area contributed by atoms with Crippen molar-refractivity contribution in [2.75, 3.05) is 0 Å². The third kappa shape index (κ3) is 3.10. The Kier molecular flexibility index (Phi) is 3.89. The summed E-state index contributed by atoms with van der Waals surface area (Å²) in [5.41, 5.74) is 1.36. The summed E-state index contributed by atoms with van der Waals surface area (Å²) in [5.74, 6) is 1.06. The van der Waals surface area contributed by atoms with Crippen molar-refractivity contribution in [1.29, 1.82) is 0 Å². The topological polar surface area (TPSA) is 0 Å². The Bertz CT molecular complexity index is 448. The van der Waals surface area contributed by atoms with Crippen LogP contribution in [0.25, 0.3) is 0 Å². The zero-order valence-electron chi connectivity index (χ0n) is 8.37. The van der Waals surface area contributed by atoms with Gasteiger partial charge in [-0.2, -0.15) is 0 Å². The predicted octanol–water partition coefficient (Wildman–Crippen LogP) is 5.11. The van der Waals surface area contributed by atoms with Gasteiger partial charge in [-0.1, -0.05) is 18.2 Å². The van der Waals surface area contributed by atoms with Gasteiger partial charge in [0.2, 0.25) is 0 Å². The van der Waals surface area contributed by atoms with E-state index in [1.165, 1.54) is 19.1 Å². The van der Waals surface area contributed by atoms with Gasteiger partial charge in [-0.25, -0.2) is 0 Å². The van der Waals surface area contributed by atoms with Gasteiger partial charge in [0.15, 0.2) is 0 Å². The van der Waals surface area contributed by atoms with Crippen LogP contribution in [0.5, 0.6) is 0 Å². The molecule has 0 atom stereocenters. The highest BCUT2D eigenvalue weighted by Crippen LogP contribution is 2.30. The van der Waals surface area contributed by atoms with Crippen LogP contribution in [0.4, 0.5) is 0 Å². The summed E-state index contributed by atoms with van der Waals surface area (Å²) < 4.78 is 1.21. The van der Waals surface area contributed by atoms with E-state index in [9.17, 15) is 0 Å². The molecule has 1 aromatic heterocycles. The van der Waals surface area contributed by atoms with Crippen LogP contribution in [-0.2, 0) is 5.75 Å². The summed E-state index contributed by atoms with van der Waals surface area (Å²) in [7, 11) is 0. The first-order chi connectivity index (χ1) is 7.25. The molecule has 0 bridgehead atoms. The summed E-state index contributed by atoms with van der Waals surface area (Å²) in [6.45, 7) is 2.16. The van der Waals surface area contributed by atoms with Crippen LogP contribution in [0, 0.1) is 6.92 Å². The molecule has 1 heterocycles. The van der Waals surface area contributed by atoms with Crippen LogP contribution < -0.4 is 0 Å². The first-order valence-corrected chi connectivity index (χ1v) is 7.28. The Morgan fingerprint density at radius 1 is 1.20 bits per heavy atom. The van der Waals surface area contributed by atoms with Gasteiger partial charge in [-0.3, -0.25) is 0 Å². The average Bonchev–Trinajstić information content (AvgIpc) is 2.63. The van der Waals surface area contributed by atoms with Gasteiger partial charge in [0.05, 0.1) is 3.79 Å². The maximum Gasteiger partial charge on any atom is 0.0701 e. The lowest BCUT2D eigenvalue weighted by atomic mass is 10.2. The van der Waals surface area contributed by atoms with Crippen LogP contribution in [0.1, 0.15) is 10.4 Å². The summed E-state index contributed by atoms with van der Waals surface area (Å²) in [6.07, 6.45) is 0. The molecule has 15 heavy (non-hydrogen) atoms. The summed E-state index contributed by atoms with van der Waals surface area (Å²) >= 11 is 7.19. The van der Waals surface area contributed by atoms with Gasteiger partial charge in [-0.05, 0) is 46.6 Å². The molecule has 78 valence electrons. The highest BCUT2D eigenvalue weighted by Gasteiger charge is 2.01. The maximum atomic E-state index is 3.48. The summed E-state index contributed by atoms with van der Waals surface area (Å²) in [4.78, 5) is 2.79. The molecule has 0 saturated carbocycles. The van der Waals surface area contributed by atoms with E-state index in [0.717, 1.165) is 5.75 Å². The van der Waals surface area contributed by atoms with E-state index in [1.807, 2.05) is 23.1 Å². The number of hydrogen-bond acceptors (Lipinski definition) is 2. The van der Waals surface area contributed by atoms with Gasteiger partial charge in [0.1, 0.15) is 0 Å². The van der Waals surface area contributed by atoms with E-state index in [2.05, 4.69) is 59.3 Å². The minimum Gasteiger partial charge on any atom is -0.132 e. The number of thiophene rings is 1. The van der Waals surface area contributed by atoms with Crippen LogP contribution >= 0.6 is 39.0 Å². The second-order valence-corrected chi connectivity index (χ2v) is 6.82. The molecule has 0 aliphatic carbocycles. The minimum absolute atomic E-state index is 1.06.